The fraction of sp³-hybridized carbons (Fsp3) is 0.400. The number of hydrogen-bond acceptors (Lipinski definition) is 3. The topological polar surface area (TPSA) is 66.8 Å². The first-order valence-electron chi connectivity index (χ1n) is 8.64. The number of fused-ring (bicyclic) bond motifs is 1. The van der Waals surface area contributed by atoms with E-state index in [1.165, 1.54) is 21.2 Å². The normalized spacial score (nSPS) is 28.3. The molecule has 4 unspecified atom stereocenters. The highest BCUT2D eigenvalue weighted by Crippen LogP contribution is 2.51. The zero-order valence-electron chi connectivity index (χ0n) is 14.1. The summed E-state index contributed by atoms with van der Waals surface area (Å²) in [5.41, 5.74) is 1.19. The fourth-order valence-corrected chi connectivity index (χ4v) is 4.04. The van der Waals surface area contributed by atoms with Crippen LogP contribution in [0.4, 0.5) is 0 Å². The number of carbonyl (C=O) groups excluding carboxylic acids is 1. The van der Waals surface area contributed by atoms with Crippen molar-refractivity contribution in [3.63, 3.8) is 0 Å². The molecule has 1 amide bonds. The van der Waals surface area contributed by atoms with E-state index in [2.05, 4.69) is 24.3 Å². The third-order valence-electron chi connectivity index (χ3n) is 5.49. The Bertz CT molecular complexity index is 828. The number of rotatable bonds is 4. The summed E-state index contributed by atoms with van der Waals surface area (Å²) < 4.78 is 5.28. The lowest BCUT2D eigenvalue weighted by atomic mass is 10.00. The van der Waals surface area contributed by atoms with Gasteiger partial charge in [-0.1, -0.05) is 42.5 Å². The van der Waals surface area contributed by atoms with E-state index in [1.807, 2.05) is 18.2 Å². The van der Waals surface area contributed by atoms with Crippen LogP contribution in [0.5, 0.6) is 0 Å². The minimum atomic E-state index is -0.949. The molecule has 1 saturated heterocycles. The maximum absolute atomic E-state index is 12.9. The van der Waals surface area contributed by atoms with E-state index in [1.54, 1.807) is 7.11 Å². The van der Waals surface area contributed by atoms with Gasteiger partial charge in [0.05, 0.1) is 6.10 Å². The molecule has 2 aliphatic rings. The van der Waals surface area contributed by atoms with E-state index in [0.29, 0.717) is 13.0 Å². The van der Waals surface area contributed by atoms with E-state index >= 15 is 0 Å². The molecule has 4 rings (SSSR count). The van der Waals surface area contributed by atoms with Crippen molar-refractivity contribution in [3.8, 4) is 0 Å². The number of nitrogens with zero attached hydrogens (tertiary/aromatic N) is 1. The highest BCUT2D eigenvalue weighted by Gasteiger charge is 2.50. The Labute approximate surface area is 146 Å². The van der Waals surface area contributed by atoms with E-state index in [4.69, 9.17) is 4.74 Å². The van der Waals surface area contributed by atoms with E-state index in [0.717, 1.165) is 6.42 Å². The van der Waals surface area contributed by atoms with Gasteiger partial charge in [-0.2, -0.15) is 0 Å². The number of methoxy groups -OCH3 is 1. The van der Waals surface area contributed by atoms with Gasteiger partial charge in [-0.05, 0) is 28.7 Å². The number of carbonyl (C=O) groups is 2. The predicted molar refractivity (Wildman–Crippen MR) is 93.3 cm³/mol. The predicted octanol–water partition coefficient (Wildman–Crippen LogP) is 2.64. The molecule has 5 heteroatoms. The second-order valence-electron chi connectivity index (χ2n) is 6.96. The van der Waals surface area contributed by atoms with Crippen LogP contribution >= 0.6 is 0 Å². The van der Waals surface area contributed by atoms with Crippen molar-refractivity contribution in [1.29, 1.82) is 0 Å². The molecule has 0 bridgehead atoms. The van der Waals surface area contributed by atoms with Gasteiger partial charge in [0.1, 0.15) is 6.04 Å². The van der Waals surface area contributed by atoms with Gasteiger partial charge in [0, 0.05) is 26.0 Å². The van der Waals surface area contributed by atoms with Gasteiger partial charge in [-0.3, -0.25) is 4.79 Å². The molecule has 0 aromatic heterocycles. The summed E-state index contributed by atoms with van der Waals surface area (Å²) in [4.78, 5) is 25.9. The largest absolute Gasteiger partial charge is 0.480 e. The fourth-order valence-electron chi connectivity index (χ4n) is 4.04. The zero-order chi connectivity index (χ0) is 17.6. The van der Waals surface area contributed by atoms with Gasteiger partial charge in [-0.25, -0.2) is 4.79 Å². The van der Waals surface area contributed by atoms with Gasteiger partial charge in [0.15, 0.2) is 0 Å². The summed E-state index contributed by atoms with van der Waals surface area (Å²) in [5.74, 6) is -0.946. The molecule has 0 spiro atoms. The summed E-state index contributed by atoms with van der Waals surface area (Å²) in [6.07, 6.45) is 0.955. The average molecular weight is 339 g/mol. The summed E-state index contributed by atoms with van der Waals surface area (Å²) in [7, 11) is 1.56. The van der Waals surface area contributed by atoms with Crippen LogP contribution in [0.1, 0.15) is 24.3 Å². The van der Waals surface area contributed by atoms with Gasteiger partial charge in [0.2, 0.25) is 5.91 Å². The van der Waals surface area contributed by atoms with Crippen LogP contribution in [0, 0.1) is 5.92 Å². The van der Waals surface area contributed by atoms with Crippen LogP contribution in [0.3, 0.4) is 0 Å². The maximum atomic E-state index is 12.9. The molecule has 1 aliphatic heterocycles. The molecule has 1 N–H and O–H groups in total. The van der Waals surface area contributed by atoms with Gasteiger partial charge in [0.25, 0.3) is 0 Å². The standard InChI is InChI=1S/C20H21NO4/c1-25-13-9-18(20(23)24)21(11-13)19(22)17-10-16(17)15-8-4-6-12-5-2-3-7-14(12)15/h2-8,13,16-18H,9-11H2,1H3,(H,23,24). The quantitative estimate of drug-likeness (QED) is 0.930. The SMILES string of the molecule is COC1CC(C(=O)O)N(C(=O)C2CC2c2cccc3ccccc23)C1. The zero-order valence-corrected chi connectivity index (χ0v) is 14.1. The van der Waals surface area contributed by atoms with E-state index in [-0.39, 0.29) is 23.8 Å². The Morgan fingerprint density at radius 2 is 1.88 bits per heavy atom. The molecular weight excluding hydrogens is 318 g/mol. The molecule has 2 fully saturated rings. The minimum Gasteiger partial charge on any atom is -0.480 e. The van der Waals surface area contributed by atoms with Crippen molar-refractivity contribution in [2.75, 3.05) is 13.7 Å². The second kappa shape index (κ2) is 6.15. The summed E-state index contributed by atoms with van der Waals surface area (Å²) >= 11 is 0. The highest BCUT2D eigenvalue weighted by atomic mass is 16.5. The maximum Gasteiger partial charge on any atom is 0.326 e. The van der Waals surface area contributed by atoms with Crippen LogP contribution in [0.15, 0.2) is 42.5 Å². The van der Waals surface area contributed by atoms with Crippen LogP contribution < -0.4 is 0 Å². The monoisotopic (exact) mass is 339 g/mol. The van der Waals surface area contributed by atoms with Crippen molar-refractivity contribution in [3.05, 3.63) is 48.0 Å². The second-order valence-corrected chi connectivity index (χ2v) is 6.96. The summed E-state index contributed by atoms with van der Waals surface area (Å²) in [5, 5.41) is 11.8. The molecule has 5 nitrogen and oxygen atoms in total. The van der Waals surface area contributed by atoms with Crippen LogP contribution in [0.2, 0.25) is 0 Å². The Morgan fingerprint density at radius 3 is 2.64 bits per heavy atom. The van der Waals surface area contributed by atoms with Crippen molar-refractivity contribution >= 4 is 22.6 Å². The first kappa shape index (κ1) is 16.1. The summed E-state index contributed by atoms with van der Waals surface area (Å²) in [6, 6.07) is 13.6. The molecule has 4 atom stereocenters. The molecule has 0 radical (unpaired) electrons. The van der Waals surface area contributed by atoms with Gasteiger partial charge < -0.3 is 14.7 Å². The summed E-state index contributed by atoms with van der Waals surface area (Å²) in [6.45, 7) is 0.366. The van der Waals surface area contributed by atoms with Crippen molar-refractivity contribution < 1.29 is 19.4 Å². The van der Waals surface area contributed by atoms with Crippen molar-refractivity contribution in [1.82, 2.24) is 4.90 Å². The third kappa shape index (κ3) is 2.78. The Hall–Kier alpha value is -2.40. The van der Waals surface area contributed by atoms with Crippen LogP contribution in [0.25, 0.3) is 10.8 Å². The van der Waals surface area contributed by atoms with E-state index < -0.39 is 12.0 Å². The van der Waals surface area contributed by atoms with Gasteiger partial charge in [-0.15, -0.1) is 0 Å². The number of carboxylic acid groups (broad SMARTS) is 1. The first-order chi connectivity index (χ1) is 12.1. The molecule has 130 valence electrons. The minimum absolute atomic E-state index is 0.0510. The Balaban J connectivity index is 1.56. The molecule has 25 heavy (non-hydrogen) atoms. The lowest BCUT2D eigenvalue weighted by molar-refractivity contribution is -0.148. The highest BCUT2D eigenvalue weighted by molar-refractivity contribution is 5.91. The number of likely N-dealkylation sites (tertiary alicyclic amines) is 1. The lowest BCUT2D eigenvalue weighted by Crippen LogP contribution is -2.41. The van der Waals surface area contributed by atoms with Crippen LogP contribution in [-0.2, 0) is 14.3 Å². The van der Waals surface area contributed by atoms with E-state index in [9.17, 15) is 14.7 Å². The number of benzene rings is 2. The number of ether oxygens (including phenoxy) is 1. The Morgan fingerprint density at radius 1 is 1.12 bits per heavy atom. The van der Waals surface area contributed by atoms with Crippen molar-refractivity contribution in [2.45, 2.75) is 30.9 Å². The number of carboxylic acids is 1. The number of aliphatic carboxylic acids is 1. The molecular formula is C20H21NO4. The first-order valence-corrected chi connectivity index (χ1v) is 8.64. The lowest BCUT2D eigenvalue weighted by Gasteiger charge is -2.21. The van der Waals surface area contributed by atoms with Gasteiger partial charge >= 0.3 is 5.97 Å². The van der Waals surface area contributed by atoms with Crippen molar-refractivity contribution in [2.24, 2.45) is 5.92 Å². The Kier molecular flexibility index (Phi) is 3.96. The molecule has 1 saturated carbocycles. The van der Waals surface area contributed by atoms with Crippen LogP contribution in [-0.4, -0.2) is 47.7 Å². The molecule has 2 aromatic rings. The third-order valence-corrected chi connectivity index (χ3v) is 5.49. The molecule has 1 heterocycles. The number of hydrogen-bond donors (Lipinski definition) is 1. The molecule has 1 aliphatic carbocycles. The smallest absolute Gasteiger partial charge is 0.326 e. The average Bonchev–Trinajstić information content (AvgIpc) is 3.30. The number of amides is 1. The molecule has 2 aromatic carbocycles.